The first-order chi connectivity index (χ1) is 68.1. The highest BCUT2D eigenvalue weighted by Crippen LogP contribution is 2.43. The molecule has 5 aliphatic heterocycles. The van der Waals surface area contributed by atoms with Gasteiger partial charge in [0.1, 0.15) is 66.1 Å². The third-order valence-corrected chi connectivity index (χ3v) is 25.4. The minimum absolute atomic E-state index is 0.00341. The predicted molar refractivity (Wildman–Crippen MR) is 489 cm³/mol. The number of benzene rings is 4. The lowest BCUT2D eigenvalue weighted by atomic mass is 9.99. The average Bonchev–Trinajstić information content (AvgIpc) is 1.77. The molecule has 18 rings (SSSR count). The van der Waals surface area contributed by atoms with Crippen molar-refractivity contribution in [3.05, 3.63) is 168 Å². The first-order valence-electron chi connectivity index (χ1n) is 46.3. The topological polar surface area (TPSA) is 469 Å². The zero-order chi connectivity index (χ0) is 101. The Kier molecular flexibility index (Phi) is 31.2. The number of ketones is 1. The summed E-state index contributed by atoms with van der Waals surface area (Å²) in [5, 5.41) is 67.4. The number of nitriles is 5. The van der Waals surface area contributed by atoms with Crippen LogP contribution in [0.4, 0.5) is 57.9 Å². The summed E-state index contributed by atoms with van der Waals surface area (Å²) in [7, 11) is 0. The van der Waals surface area contributed by atoms with Crippen LogP contribution in [0, 0.1) is 92.2 Å². The van der Waals surface area contributed by atoms with Gasteiger partial charge in [0.25, 0.3) is 0 Å². The van der Waals surface area contributed by atoms with Gasteiger partial charge in [0, 0.05) is 171 Å². The van der Waals surface area contributed by atoms with E-state index < -0.39 is 129 Å². The van der Waals surface area contributed by atoms with E-state index in [1.54, 1.807) is 91.3 Å². The molecule has 6 atom stereocenters. The molecule has 0 bridgehead atoms. The number of nitrogens with zero attached hydrogens (tertiary/aromatic N) is 13. The van der Waals surface area contributed by atoms with Gasteiger partial charge in [-0.1, -0.05) is 0 Å². The number of nitrogens with one attached hydrogen (secondary N) is 4. The lowest BCUT2D eigenvalue weighted by molar-refractivity contribution is -0.163. The summed E-state index contributed by atoms with van der Waals surface area (Å²) in [5.74, 6) is -17.2. The molecule has 0 spiro atoms. The first-order valence-corrected chi connectivity index (χ1v) is 46.3. The van der Waals surface area contributed by atoms with Crippen LogP contribution in [0.3, 0.4) is 0 Å². The van der Waals surface area contributed by atoms with Gasteiger partial charge in [-0.05, 0) is 179 Å². The maximum absolute atomic E-state index is 15.0. The van der Waals surface area contributed by atoms with Gasteiger partial charge in [-0.3, -0.25) is 67.9 Å². The number of piperidine rings is 4. The Morgan fingerprint density at radius 3 is 0.937 bits per heavy atom. The van der Waals surface area contributed by atoms with E-state index in [0.717, 1.165) is 71.0 Å². The minimum atomic E-state index is -3.36. The zero-order valence-electron chi connectivity index (χ0n) is 76.3. The number of cyclic esters (lactones) is 1. The molecule has 9 heterocycles. The predicted octanol–water partition coefficient (Wildman–Crippen LogP) is 13.6. The fourth-order valence-corrected chi connectivity index (χ4v) is 16.9. The van der Waals surface area contributed by atoms with Crippen LogP contribution in [0.1, 0.15) is 138 Å². The number of carbonyl (C=O) groups excluding carboxylic acids is 10. The second-order valence-electron chi connectivity index (χ2n) is 36.2. The fraction of sp³-hybridized carbons (Fsp3) is 0.416. The monoisotopic (exact) mass is 1950 g/mol. The van der Waals surface area contributed by atoms with E-state index in [2.05, 4.69) is 41.2 Å². The van der Waals surface area contributed by atoms with Crippen molar-refractivity contribution >= 4 is 81.8 Å². The molecule has 5 N–H and O–H groups in total. The highest BCUT2D eigenvalue weighted by atomic mass is 19.3. The third kappa shape index (κ3) is 25.5. The fourth-order valence-electron chi connectivity index (χ4n) is 16.9. The Bertz CT molecular complexity index is 6230. The number of carbonyl (C=O) groups is 10. The third-order valence-electron chi connectivity index (χ3n) is 25.4. The summed E-state index contributed by atoms with van der Waals surface area (Å²) in [5.41, 5.74) is 6.90. The van der Waals surface area contributed by atoms with Crippen molar-refractivity contribution in [3.63, 3.8) is 0 Å². The van der Waals surface area contributed by atoms with Gasteiger partial charge >= 0.3 is 29.7 Å². The zero-order valence-corrected chi connectivity index (χ0v) is 76.3. The lowest BCUT2D eigenvalue weighted by Gasteiger charge is -2.39. The second kappa shape index (κ2) is 43.9. The number of alkyl halides is 8. The quantitative estimate of drug-likeness (QED) is 0.0262. The van der Waals surface area contributed by atoms with Gasteiger partial charge in [-0.15, -0.1) is 0 Å². The molecule has 0 radical (unpaired) electrons. The molecule has 4 aromatic carbocycles. The number of aromatic nitrogens is 4. The maximum Gasteiger partial charge on any atom is 0.306 e. The van der Waals surface area contributed by atoms with Gasteiger partial charge in [0.2, 0.25) is 47.3 Å². The molecule has 41 heteroatoms. The van der Waals surface area contributed by atoms with Gasteiger partial charge in [0.15, 0.2) is 24.4 Å². The van der Waals surface area contributed by atoms with E-state index >= 15 is 8.78 Å². The molecular formula is C101H95F8N17O16. The Labute approximate surface area is 808 Å². The lowest BCUT2D eigenvalue weighted by Crippen LogP contribution is -2.56. The van der Waals surface area contributed by atoms with Crippen LogP contribution >= 0.6 is 0 Å². The molecule has 10 aliphatic rings. The maximum atomic E-state index is 15.0. The van der Waals surface area contributed by atoms with Crippen molar-refractivity contribution in [1.29, 1.82) is 26.3 Å². The standard InChI is InChI=1S/C27H26F2N4O4.C26H24F2N4O5.C24H21F2N5O3.C24H24F2N4O4/c28-27(29)15-33(26(36)18-3-5-21(34)12-18)10-8-24(27)37-23-6-4-17(11-19(23)14-30)22-13-20(7-9-31-22)32-25(35)16-1-2-16;27-26(28)14-32(25(35)18-10-23(33)36-13-18)8-6-22(26)37-21-4-3-16(9-17(21)12-29)20-11-19(5-7-30-20)31-24(34)15-1-2-15;25-24(26)14-31(22(32)5-8-27)10-7-21(24)34-20-4-3-16(11-17(20)13-28)19-12-18(6-9-29-19)30-23(33)15-1-2-15;25-24(26)14-30(22(32)7-10-31)9-6-21(24)34-20-4-3-16(11-17(20)13-27)19-12-18(5-8-28-19)29-23(33)15-1-2-15/h4,6-7,9,11,13,16,18,24H,1-3,5,8,10,12,15H2,(H,31,32,35);3-5,7,9,11,15,18,22H,1-2,6,8,10,13-14H2,(H,30,31,34);3-4,6,9,11-12,15,21H,1-2,5,7,10,14H2,(H,29,30,33);3-5,8,11-12,15,21,31H,1-2,6-7,9-10,14H2,(H,28,29,33)/t18?,24-;18?,22-;2*21-/m0000/s1. The number of ether oxygens (including phenoxy) is 5. The number of amides is 8. The molecule has 33 nitrogen and oxygen atoms in total. The summed E-state index contributed by atoms with van der Waals surface area (Å²) in [4.78, 5) is 141. The van der Waals surface area contributed by atoms with Gasteiger partial charge in [0.05, 0.1) is 96.2 Å². The Morgan fingerprint density at radius 2 is 0.676 bits per heavy atom. The van der Waals surface area contributed by atoms with Crippen molar-refractivity contribution < 1.29 is 112 Å². The molecule has 142 heavy (non-hydrogen) atoms. The van der Waals surface area contributed by atoms with Crippen LogP contribution in [0.5, 0.6) is 23.0 Å². The largest absolute Gasteiger partial charge is 0.483 e. The highest BCUT2D eigenvalue weighted by molar-refractivity contribution is 5.97. The molecule has 8 amide bonds. The molecule has 10 fully saturated rings. The number of Topliss-reactive ketones (excluding diaryl/α,β-unsaturated/α-hetero) is 1. The number of halogens is 8. The molecular weight excluding hydrogens is 1860 g/mol. The number of hydrogen-bond acceptors (Lipinski definition) is 25. The highest BCUT2D eigenvalue weighted by Gasteiger charge is 2.53. The van der Waals surface area contributed by atoms with E-state index in [4.69, 9.17) is 34.1 Å². The van der Waals surface area contributed by atoms with Crippen molar-refractivity contribution in [2.24, 2.45) is 35.5 Å². The van der Waals surface area contributed by atoms with Crippen LogP contribution < -0.4 is 40.2 Å². The van der Waals surface area contributed by atoms with Gasteiger partial charge in [-0.2, -0.15) is 26.3 Å². The smallest absolute Gasteiger partial charge is 0.306 e. The molecule has 8 aromatic rings. The van der Waals surface area contributed by atoms with E-state index in [1.165, 1.54) is 60.9 Å². The van der Waals surface area contributed by atoms with Crippen molar-refractivity contribution in [3.8, 4) is 98.4 Å². The van der Waals surface area contributed by atoms with E-state index in [0.29, 0.717) is 80.6 Å². The number of anilines is 4. The summed E-state index contributed by atoms with van der Waals surface area (Å²) in [6.07, 6.45) is 6.73. The average molecular weight is 1950 g/mol. The SMILES string of the molecule is N#CCC(=O)N1CC[C@H](Oc2ccc(-c3cc(NC(=O)C4CC4)ccn3)cc2C#N)C(F)(F)C1.N#Cc1cc(-c2cc(NC(=O)C3CC3)ccn2)ccc1O[C@H]1CCN(C(=O)C2CCC(=O)C2)CC1(F)F.N#Cc1cc(-c2cc(NC(=O)C3CC3)ccn2)ccc1O[C@H]1CCN(C(=O)C2COC(=O)C2)CC1(F)F.N#Cc1cc(-c2cc(NC(=O)C3CC3)ccn2)ccc1O[C@H]1CCN(C(=O)CCO)CC1(F)F. The summed E-state index contributed by atoms with van der Waals surface area (Å²) in [6.45, 7) is -3.55. The Hall–Kier alpha value is -15.6. The molecule has 5 aliphatic carbocycles. The molecule has 5 saturated heterocycles. The van der Waals surface area contributed by atoms with Gasteiger partial charge in [-0.25, -0.2) is 35.1 Å². The van der Waals surface area contributed by atoms with Crippen molar-refractivity contribution in [2.45, 2.75) is 164 Å². The molecule has 5 saturated carbocycles. The number of aliphatic hydroxyl groups excluding tert-OH is 1. The number of aliphatic hydroxyl groups is 1. The summed E-state index contributed by atoms with van der Waals surface area (Å²) in [6, 6.07) is 41.3. The van der Waals surface area contributed by atoms with E-state index in [-0.39, 0.29) is 176 Å². The molecule has 736 valence electrons. The van der Waals surface area contributed by atoms with Crippen LogP contribution in [0.2, 0.25) is 0 Å². The van der Waals surface area contributed by atoms with Crippen molar-refractivity contribution in [1.82, 2.24) is 39.5 Å². The number of hydrogen-bond donors (Lipinski definition) is 5. The molecule has 2 unspecified atom stereocenters. The summed E-state index contributed by atoms with van der Waals surface area (Å²) < 4.78 is 146. The van der Waals surface area contributed by atoms with Crippen LogP contribution in [-0.2, 0) is 52.7 Å². The number of pyridine rings is 4. The van der Waals surface area contributed by atoms with E-state index in [9.17, 15) is 95.3 Å². The van der Waals surface area contributed by atoms with Gasteiger partial charge < -0.3 is 69.7 Å². The summed E-state index contributed by atoms with van der Waals surface area (Å²) >= 11 is 0. The number of esters is 1. The normalized spacial score (nSPS) is 21.0. The Morgan fingerprint density at radius 1 is 0.380 bits per heavy atom. The van der Waals surface area contributed by atoms with Crippen LogP contribution in [-0.4, -0.2) is 217 Å². The molecule has 4 aromatic heterocycles. The van der Waals surface area contributed by atoms with E-state index in [1.807, 2.05) is 24.3 Å². The van der Waals surface area contributed by atoms with Crippen molar-refractivity contribution in [2.75, 3.05) is 86.8 Å². The Balaban J connectivity index is 0.000000143. The van der Waals surface area contributed by atoms with Crippen LogP contribution in [0.15, 0.2) is 146 Å². The number of rotatable bonds is 25. The second-order valence-corrected chi connectivity index (χ2v) is 36.2. The van der Waals surface area contributed by atoms with Crippen LogP contribution in [0.25, 0.3) is 45.0 Å². The minimum Gasteiger partial charge on any atom is -0.483 e. The first kappa shape index (κ1) is 101. The number of likely N-dealkylation sites (tertiary alicyclic amines) is 4.